The molecule has 0 atom stereocenters. The van der Waals surface area contributed by atoms with Gasteiger partial charge in [0.25, 0.3) is 0 Å². The Bertz CT molecular complexity index is 2700. The Morgan fingerprint density at radius 1 is 0.818 bits per heavy atom. The van der Waals surface area contributed by atoms with Gasteiger partial charge < -0.3 is 13.9 Å². The first kappa shape index (κ1) is 35.9. The SMILES string of the molecule is CC(C)(C)c1ccc(-c2nc3c(ccc4c3c3[c-]c(-c5cc(-c6ccc(C7CCC8(CCCCC8)CC7)cc6)ccn5)ccc3n3cccc43)o2)c(O)c1.[Pt]. The largest absolute Gasteiger partial charge is 0.507 e. The van der Waals surface area contributed by atoms with Crippen molar-refractivity contribution >= 4 is 38.3 Å². The molecule has 55 heavy (non-hydrogen) atoms. The Morgan fingerprint density at radius 2 is 1.62 bits per heavy atom. The van der Waals surface area contributed by atoms with Crippen LogP contribution >= 0.6 is 0 Å². The molecule has 280 valence electrons. The number of aromatic hydroxyl groups is 1. The van der Waals surface area contributed by atoms with Gasteiger partial charge in [-0.3, -0.25) is 4.98 Å². The van der Waals surface area contributed by atoms with Gasteiger partial charge in [-0.1, -0.05) is 93.4 Å². The molecule has 0 radical (unpaired) electrons. The van der Waals surface area contributed by atoms with Crippen molar-refractivity contribution in [1.29, 1.82) is 0 Å². The number of fused-ring (bicyclic) bond motifs is 8. The monoisotopic (exact) mass is 903 g/mol. The quantitative estimate of drug-likeness (QED) is 0.141. The van der Waals surface area contributed by atoms with Gasteiger partial charge in [0.2, 0.25) is 5.89 Å². The van der Waals surface area contributed by atoms with Gasteiger partial charge in [0, 0.05) is 44.7 Å². The van der Waals surface area contributed by atoms with E-state index in [9.17, 15) is 5.11 Å². The minimum absolute atomic E-state index is 0. The van der Waals surface area contributed by atoms with Crippen LogP contribution in [0.5, 0.6) is 5.75 Å². The maximum absolute atomic E-state index is 11.1. The summed E-state index contributed by atoms with van der Waals surface area (Å²) in [5, 5.41) is 14.1. The molecule has 1 N–H and O–H groups in total. The van der Waals surface area contributed by atoms with Crippen LogP contribution < -0.4 is 0 Å². The molecule has 0 bridgehead atoms. The third-order valence-corrected chi connectivity index (χ3v) is 12.8. The van der Waals surface area contributed by atoms with Gasteiger partial charge in [-0.15, -0.1) is 18.2 Å². The first-order chi connectivity index (χ1) is 26.2. The van der Waals surface area contributed by atoms with Crippen molar-refractivity contribution in [2.75, 3.05) is 0 Å². The van der Waals surface area contributed by atoms with Crippen molar-refractivity contribution in [2.24, 2.45) is 5.41 Å². The molecule has 0 aliphatic heterocycles. The number of benzene rings is 4. The fourth-order valence-corrected chi connectivity index (χ4v) is 9.66. The molecule has 10 rings (SSSR count). The van der Waals surface area contributed by atoms with Gasteiger partial charge in [0.15, 0.2) is 0 Å². The minimum Gasteiger partial charge on any atom is -0.507 e. The van der Waals surface area contributed by atoms with Crippen molar-refractivity contribution in [1.82, 2.24) is 14.4 Å². The van der Waals surface area contributed by atoms with Crippen LogP contribution in [0.2, 0.25) is 0 Å². The third kappa shape index (κ3) is 6.29. The fraction of sp³-hybridized carbons (Fsp3) is 0.306. The molecule has 2 aliphatic carbocycles. The summed E-state index contributed by atoms with van der Waals surface area (Å²) < 4.78 is 8.58. The van der Waals surface area contributed by atoms with E-state index in [-0.39, 0.29) is 32.2 Å². The summed E-state index contributed by atoms with van der Waals surface area (Å²) >= 11 is 0. The number of phenols is 1. The molecule has 0 amide bonds. The maximum Gasteiger partial charge on any atom is 0.230 e. The molecule has 4 heterocycles. The standard InChI is InChI=1S/C49H46N3O2.Pt/c1-48(2,3)36-14-15-38(43(53)30-36)47-51-46-44(54-47)18-16-37-41-8-7-27-52(41)42-17-13-35(28-39(42)45(37)46)40-29-34(21-26-50-40)32-11-9-31(10-12-32)33-19-24-49(25-20-33)22-5-4-6-23-49;/h7-18,21,26-27,29-30,33,53H,4-6,19-20,22-25H2,1-3H3;/q-1;. The van der Waals surface area contributed by atoms with Gasteiger partial charge in [-0.2, -0.15) is 0 Å². The van der Waals surface area contributed by atoms with E-state index in [0.717, 1.165) is 55.1 Å². The Balaban J connectivity index is 0.00000397. The zero-order valence-electron chi connectivity index (χ0n) is 31.8. The molecule has 2 aliphatic rings. The maximum atomic E-state index is 11.1. The summed E-state index contributed by atoms with van der Waals surface area (Å²) in [4.78, 5) is 9.90. The van der Waals surface area contributed by atoms with Gasteiger partial charge >= 0.3 is 0 Å². The first-order valence-electron chi connectivity index (χ1n) is 19.8. The molecule has 8 aromatic rings. The number of hydrogen-bond acceptors (Lipinski definition) is 4. The smallest absolute Gasteiger partial charge is 0.230 e. The Hall–Kier alpha value is -4.73. The van der Waals surface area contributed by atoms with Crippen LogP contribution in [0.25, 0.3) is 72.1 Å². The number of pyridine rings is 2. The number of oxazole rings is 1. The van der Waals surface area contributed by atoms with Crippen LogP contribution in [-0.4, -0.2) is 19.5 Å². The zero-order chi connectivity index (χ0) is 36.6. The van der Waals surface area contributed by atoms with E-state index in [2.05, 4.69) is 104 Å². The number of rotatable bonds is 4. The molecule has 1 spiro atoms. The van der Waals surface area contributed by atoms with E-state index in [1.165, 1.54) is 68.9 Å². The van der Waals surface area contributed by atoms with Crippen LogP contribution in [0.3, 0.4) is 0 Å². The molecule has 0 unspecified atom stereocenters. The predicted molar refractivity (Wildman–Crippen MR) is 220 cm³/mol. The predicted octanol–water partition coefficient (Wildman–Crippen LogP) is 13.2. The average molecular weight is 904 g/mol. The number of nitrogens with zero attached hydrogens (tertiary/aromatic N) is 3. The average Bonchev–Trinajstić information content (AvgIpc) is 3.87. The molecule has 4 aromatic heterocycles. The van der Waals surface area contributed by atoms with E-state index in [4.69, 9.17) is 14.4 Å². The molecule has 2 fully saturated rings. The second kappa shape index (κ2) is 13.8. The summed E-state index contributed by atoms with van der Waals surface area (Å²) in [6.07, 6.45) is 16.7. The number of phenolic OH excluding ortho intramolecular Hbond substituents is 1. The first-order valence-corrected chi connectivity index (χ1v) is 19.8. The Kier molecular flexibility index (Phi) is 9.00. The molecular weight excluding hydrogens is 858 g/mol. The molecular formula is C49H46N3O2Pt-. The van der Waals surface area contributed by atoms with Gasteiger partial charge in [0.05, 0.1) is 11.1 Å². The molecule has 4 aromatic carbocycles. The van der Waals surface area contributed by atoms with Gasteiger partial charge in [-0.25, -0.2) is 4.98 Å². The third-order valence-electron chi connectivity index (χ3n) is 12.8. The summed E-state index contributed by atoms with van der Waals surface area (Å²) in [6, 6.07) is 35.8. The van der Waals surface area contributed by atoms with Crippen molar-refractivity contribution in [3.8, 4) is 39.6 Å². The zero-order valence-corrected chi connectivity index (χ0v) is 34.0. The van der Waals surface area contributed by atoms with E-state index in [1.807, 2.05) is 30.5 Å². The van der Waals surface area contributed by atoms with Gasteiger partial charge in [-0.05, 0) is 130 Å². The van der Waals surface area contributed by atoms with Crippen LogP contribution in [0.4, 0.5) is 0 Å². The molecule has 2 saturated carbocycles. The Morgan fingerprint density at radius 3 is 2.38 bits per heavy atom. The minimum atomic E-state index is -0.0888. The molecule has 5 nitrogen and oxygen atoms in total. The summed E-state index contributed by atoms with van der Waals surface area (Å²) in [6.45, 7) is 6.41. The fourth-order valence-electron chi connectivity index (χ4n) is 9.66. The van der Waals surface area contributed by atoms with E-state index in [0.29, 0.717) is 28.4 Å². The normalized spacial score (nSPS) is 16.3. The number of aromatic nitrogens is 3. The van der Waals surface area contributed by atoms with Crippen LogP contribution in [-0.2, 0) is 26.5 Å². The van der Waals surface area contributed by atoms with Crippen molar-refractivity contribution in [3.05, 3.63) is 121 Å². The van der Waals surface area contributed by atoms with E-state index in [1.54, 1.807) is 0 Å². The van der Waals surface area contributed by atoms with Crippen molar-refractivity contribution < 1.29 is 30.6 Å². The van der Waals surface area contributed by atoms with Crippen LogP contribution in [0.1, 0.15) is 95.6 Å². The molecule has 0 saturated heterocycles. The Labute approximate surface area is 337 Å². The van der Waals surface area contributed by atoms with Gasteiger partial charge in [0.1, 0.15) is 11.3 Å². The van der Waals surface area contributed by atoms with E-state index < -0.39 is 0 Å². The van der Waals surface area contributed by atoms with Crippen LogP contribution in [0.15, 0.2) is 108 Å². The number of hydrogen-bond donors (Lipinski definition) is 1. The summed E-state index contributed by atoms with van der Waals surface area (Å²) in [7, 11) is 0. The van der Waals surface area contributed by atoms with Crippen LogP contribution in [0, 0.1) is 11.5 Å². The topological polar surface area (TPSA) is 63.6 Å². The second-order valence-corrected chi connectivity index (χ2v) is 17.1. The van der Waals surface area contributed by atoms with Crippen molar-refractivity contribution in [3.63, 3.8) is 0 Å². The summed E-state index contributed by atoms with van der Waals surface area (Å²) in [5.74, 6) is 1.24. The summed E-state index contributed by atoms with van der Waals surface area (Å²) in [5.41, 5.74) is 11.4. The second-order valence-electron chi connectivity index (χ2n) is 17.1. The van der Waals surface area contributed by atoms with E-state index >= 15 is 0 Å². The van der Waals surface area contributed by atoms with Crippen molar-refractivity contribution in [2.45, 2.75) is 89.9 Å². The molecule has 6 heteroatoms.